The van der Waals surface area contributed by atoms with Gasteiger partial charge >= 0.3 is 0 Å². The molecule has 1 unspecified atom stereocenters. The fourth-order valence-corrected chi connectivity index (χ4v) is 2.24. The van der Waals surface area contributed by atoms with Crippen molar-refractivity contribution in [3.05, 3.63) is 23.8 Å². The van der Waals surface area contributed by atoms with Crippen LogP contribution in [0, 0.1) is 5.92 Å². The van der Waals surface area contributed by atoms with Gasteiger partial charge in [-0.25, -0.2) is 0 Å². The quantitative estimate of drug-likeness (QED) is 0.639. The van der Waals surface area contributed by atoms with E-state index in [0.717, 1.165) is 18.7 Å². The zero-order valence-corrected chi connectivity index (χ0v) is 12.8. The smallest absolute Gasteiger partial charge is 0.253 e. The molecular formula is C16H27N3O. The van der Waals surface area contributed by atoms with E-state index in [1.165, 1.54) is 19.3 Å². The van der Waals surface area contributed by atoms with Crippen LogP contribution in [0.5, 0.6) is 0 Å². The molecule has 0 aromatic heterocycles. The molecule has 0 heterocycles. The summed E-state index contributed by atoms with van der Waals surface area (Å²) < 4.78 is 0. The van der Waals surface area contributed by atoms with E-state index in [1.807, 2.05) is 6.07 Å². The first-order chi connectivity index (χ1) is 9.62. The van der Waals surface area contributed by atoms with Crippen LogP contribution in [0.1, 0.15) is 49.9 Å². The Morgan fingerprint density at radius 2 is 2.10 bits per heavy atom. The molecule has 112 valence electrons. The summed E-state index contributed by atoms with van der Waals surface area (Å²) in [6.45, 7) is 5.30. The Morgan fingerprint density at radius 3 is 2.70 bits per heavy atom. The first-order valence-electron chi connectivity index (χ1n) is 7.47. The van der Waals surface area contributed by atoms with Crippen LogP contribution in [0.25, 0.3) is 0 Å². The van der Waals surface area contributed by atoms with Gasteiger partial charge in [0, 0.05) is 25.0 Å². The number of carbonyl (C=O) groups excluding carboxylic acids is 1. The second kappa shape index (κ2) is 8.46. The molecule has 0 aliphatic carbocycles. The van der Waals surface area contributed by atoms with Gasteiger partial charge in [0.2, 0.25) is 0 Å². The number of rotatable bonds is 8. The highest BCUT2D eigenvalue weighted by molar-refractivity contribution is 6.00. The fraction of sp³-hybridized carbons (Fsp3) is 0.562. The Bertz CT molecular complexity index is 432. The maximum absolute atomic E-state index is 11.8. The number of benzene rings is 1. The molecule has 0 spiro atoms. The predicted molar refractivity (Wildman–Crippen MR) is 86.0 cm³/mol. The van der Waals surface area contributed by atoms with Crippen LogP contribution in [0.15, 0.2) is 18.2 Å². The van der Waals surface area contributed by atoms with Crippen LogP contribution >= 0.6 is 0 Å². The van der Waals surface area contributed by atoms with E-state index in [0.29, 0.717) is 17.2 Å². The number of hydrogen-bond donors (Lipinski definition) is 3. The Kier molecular flexibility index (Phi) is 6.91. The van der Waals surface area contributed by atoms with Gasteiger partial charge < -0.3 is 16.4 Å². The van der Waals surface area contributed by atoms with Crippen LogP contribution in [-0.4, -0.2) is 19.5 Å². The minimum Gasteiger partial charge on any atom is -0.399 e. The molecule has 1 amide bonds. The third-order valence-electron chi connectivity index (χ3n) is 3.64. The Hall–Kier alpha value is -1.71. The number of amides is 1. The molecule has 0 aliphatic rings. The van der Waals surface area contributed by atoms with Crippen molar-refractivity contribution >= 4 is 17.3 Å². The lowest BCUT2D eigenvalue weighted by Crippen LogP contribution is -2.21. The van der Waals surface area contributed by atoms with Crippen molar-refractivity contribution in [3.8, 4) is 0 Å². The fourth-order valence-electron chi connectivity index (χ4n) is 2.24. The average molecular weight is 277 g/mol. The zero-order valence-electron chi connectivity index (χ0n) is 12.8. The number of nitrogens with one attached hydrogen (secondary N) is 2. The van der Waals surface area contributed by atoms with Crippen molar-refractivity contribution in [2.45, 2.75) is 39.5 Å². The van der Waals surface area contributed by atoms with E-state index in [4.69, 9.17) is 5.73 Å². The standard InChI is InChI=1S/C16H27N3O/c1-4-6-7-12(5-2)11-19-15-10-13(17)8-9-14(15)16(20)18-3/h8-10,12,19H,4-7,11,17H2,1-3H3,(H,18,20). The first-order valence-corrected chi connectivity index (χ1v) is 7.47. The molecule has 0 aliphatic heterocycles. The molecule has 0 bridgehead atoms. The van der Waals surface area contributed by atoms with Crippen molar-refractivity contribution in [3.63, 3.8) is 0 Å². The van der Waals surface area contributed by atoms with E-state index < -0.39 is 0 Å². The molecule has 0 fully saturated rings. The molecular weight excluding hydrogens is 250 g/mol. The lowest BCUT2D eigenvalue weighted by Gasteiger charge is -2.18. The number of nitrogens with two attached hydrogens (primary N) is 1. The minimum atomic E-state index is -0.0888. The molecule has 0 saturated carbocycles. The van der Waals surface area contributed by atoms with Gasteiger partial charge in [-0.2, -0.15) is 0 Å². The van der Waals surface area contributed by atoms with E-state index in [2.05, 4.69) is 24.5 Å². The number of anilines is 2. The third kappa shape index (κ3) is 4.76. The van der Waals surface area contributed by atoms with E-state index in [-0.39, 0.29) is 5.91 Å². The Morgan fingerprint density at radius 1 is 1.35 bits per heavy atom. The van der Waals surface area contributed by atoms with Crippen LogP contribution < -0.4 is 16.4 Å². The normalized spacial score (nSPS) is 11.9. The topological polar surface area (TPSA) is 67.1 Å². The van der Waals surface area contributed by atoms with Crippen LogP contribution in [0.3, 0.4) is 0 Å². The zero-order chi connectivity index (χ0) is 15.0. The van der Waals surface area contributed by atoms with E-state index >= 15 is 0 Å². The number of hydrogen-bond acceptors (Lipinski definition) is 3. The highest BCUT2D eigenvalue weighted by Gasteiger charge is 2.12. The van der Waals surface area contributed by atoms with Gasteiger partial charge in [0.05, 0.1) is 5.56 Å². The second-order valence-electron chi connectivity index (χ2n) is 5.18. The molecule has 1 aromatic rings. The summed E-state index contributed by atoms with van der Waals surface area (Å²) in [5, 5.41) is 6.05. The van der Waals surface area contributed by atoms with Crippen LogP contribution in [-0.2, 0) is 0 Å². The molecule has 20 heavy (non-hydrogen) atoms. The maximum atomic E-state index is 11.8. The SMILES string of the molecule is CCCCC(CC)CNc1cc(N)ccc1C(=O)NC. The van der Waals surface area contributed by atoms with Crippen molar-refractivity contribution in [1.29, 1.82) is 0 Å². The maximum Gasteiger partial charge on any atom is 0.253 e. The highest BCUT2D eigenvalue weighted by atomic mass is 16.1. The van der Waals surface area contributed by atoms with Crippen molar-refractivity contribution in [1.82, 2.24) is 5.32 Å². The lowest BCUT2D eigenvalue weighted by atomic mass is 9.99. The Labute approximate surface area is 122 Å². The van der Waals surface area contributed by atoms with Crippen LogP contribution in [0.4, 0.5) is 11.4 Å². The Balaban J connectivity index is 2.74. The van der Waals surface area contributed by atoms with E-state index in [9.17, 15) is 4.79 Å². The van der Waals surface area contributed by atoms with Crippen molar-refractivity contribution in [2.24, 2.45) is 5.92 Å². The second-order valence-corrected chi connectivity index (χ2v) is 5.18. The molecule has 4 nitrogen and oxygen atoms in total. The van der Waals surface area contributed by atoms with Gasteiger partial charge in [0.1, 0.15) is 0 Å². The van der Waals surface area contributed by atoms with Gasteiger partial charge in [-0.1, -0.05) is 33.1 Å². The molecule has 0 radical (unpaired) electrons. The van der Waals surface area contributed by atoms with Gasteiger partial charge in [-0.3, -0.25) is 4.79 Å². The molecule has 1 aromatic carbocycles. The van der Waals surface area contributed by atoms with Gasteiger partial charge in [-0.05, 0) is 30.5 Å². The summed E-state index contributed by atoms with van der Waals surface area (Å²) >= 11 is 0. The lowest BCUT2D eigenvalue weighted by molar-refractivity contribution is 0.0964. The number of nitrogen functional groups attached to an aromatic ring is 1. The average Bonchev–Trinajstić information content (AvgIpc) is 2.47. The minimum absolute atomic E-state index is 0.0888. The number of unbranched alkanes of at least 4 members (excludes halogenated alkanes) is 1. The van der Waals surface area contributed by atoms with Gasteiger partial charge in [0.25, 0.3) is 5.91 Å². The molecule has 4 N–H and O–H groups in total. The summed E-state index contributed by atoms with van der Waals surface area (Å²) in [7, 11) is 1.64. The largest absolute Gasteiger partial charge is 0.399 e. The summed E-state index contributed by atoms with van der Waals surface area (Å²) in [6, 6.07) is 5.35. The monoisotopic (exact) mass is 277 g/mol. The van der Waals surface area contributed by atoms with Crippen LogP contribution in [0.2, 0.25) is 0 Å². The molecule has 0 saturated heterocycles. The van der Waals surface area contributed by atoms with Gasteiger partial charge in [0.15, 0.2) is 0 Å². The van der Waals surface area contributed by atoms with Crippen molar-refractivity contribution < 1.29 is 4.79 Å². The predicted octanol–water partition coefficient (Wildman–Crippen LogP) is 3.26. The summed E-state index contributed by atoms with van der Waals surface area (Å²) in [4.78, 5) is 11.8. The summed E-state index contributed by atoms with van der Waals surface area (Å²) in [5.74, 6) is 0.544. The molecule has 4 heteroatoms. The first kappa shape index (κ1) is 16.3. The number of carbonyl (C=O) groups is 1. The van der Waals surface area contributed by atoms with Gasteiger partial charge in [-0.15, -0.1) is 0 Å². The molecule has 1 rings (SSSR count). The van der Waals surface area contributed by atoms with Crippen molar-refractivity contribution in [2.75, 3.05) is 24.6 Å². The van der Waals surface area contributed by atoms with E-state index in [1.54, 1.807) is 19.2 Å². The summed E-state index contributed by atoms with van der Waals surface area (Å²) in [6.07, 6.45) is 4.83. The highest BCUT2D eigenvalue weighted by Crippen LogP contribution is 2.21. The summed E-state index contributed by atoms with van der Waals surface area (Å²) in [5.41, 5.74) is 7.95. The molecule has 1 atom stereocenters. The third-order valence-corrected chi connectivity index (χ3v) is 3.64.